The standard InChI is InChI=1S/C14H26N2O2/c1-4-7-8-11-15-12(17)14(9-10-14)13(18)16(5-2)6-3/h4-11H2,1-3H3,(H,15,17). The summed E-state index contributed by atoms with van der Waals surface area (Å²) in [4.78, 5) is 26.2. The minimum absolute atomic E-state index is 0.0143. The van der Waals surface area contributed by atoms with Gasteiger partial charge in [-0.15, -0.1) is 0 Å². The highest BCUT2D eigenvalue weighted by Crippen LogP contribution is 2.47. The molecule has 1 fully saturated rings. The third-order valence-electron chi connectivity index (χ3n) is 3.71. The summed E-state index contributed by atoms with van der Waals surface area (Å²) in [7, 11) is 0. The molecule has 4 nitrogen and oxygen atoms in total. The Hall–Kier alpha value is -1.06. The van der Waals surface area contributed by atoms with Crippen LogP contribution in [0.1, 0.15) is 52.9 Å². The molecule has 1 N–H and O–H groups in total. The molecular weight excluding hydrogens is 228 g/mol. The van der Waals surface area contributed by atoms with E-state index in [1.165, 1.54) is 0 Å². The van der Waals surface area contributed by atoms with E-state index in [0.29, 0.717) is 32.5 Å². The number of amides is 2. The molecule has 104 valence electrons. The molecule has 0 unspecified atom stereocenters. The zero-order chi connectivity index (χ0) is 13.6. The number of nitrogens with zero attached hydrogens (tertiary/aromatic N) is 1. The van der Waals surface area contributed by atoms with E-state index in [4.69, 9.17) is 0 Å². The number of hydrogen-bond donors (Lipinski definition) is 1. The number of rotatable bonds is 8. The zero-order valence-corrected chi connectivity index (χ0v) is 11.9. The van der Waals surface area contributed by atoms with Crippen LogP contribution in [-0.2, 0) is 9.59 Å². The van der Waals surface area contributed by atoms with Crippen molar-refractivity contribution in [3.05, 3.63) is 0 Å². The van der Waals surface area contributed by atoms with Crippen molar-refractivity contribution in [1.82, 2.24) is 10.2 Å². The Labute approximate surface area is 110 Å². The third kappa shape index (κ3) is 3.24. The molecule has 0 atom stereocenters. The van der Waals surface area contributed by atoms with Crippen molar-refractivity contribution < 1.29 is 9.59 Å². The Balaban J connectivity index is 2.48. The van der Waals surface area contributed by atoms with Gasteiger partial charge in [-0.2, -0.15) is 0 Å². The number of carbonyl (C=O) groups is 2. The van der Waals surface area contributed by atoms with E-state index < -0.39 is 5.41 Å². The van der Waals surface area contributed by atoms with E-state index in [9.17, 15) is 9.59 Å². The maximum atomic E-state index is 12.3. The summed E-state index contributed by atoms with van der Waals surface area (Å²) in [5, 5.41) is 2.92. The number of nitrogens with one attached hydrogen (secondary N) is 1. The molecule has 0 aromatic rings. The van der Waals surface area contributed by atoms with E-state index in [2.05, 4.69) is 12.2 Å². The second-order valence-corrected chi connectivity index (χ2v) is 5.02. The quantitative estimate of drug-likeness (QED) is 0.531. The first-order chi connectivity index (χ1) is 8.62. The lowest BCUT2D eigenvalue weighted by molar-refractivity contribution is -0.143. The molecule has 0 aromatic carbocycles. The lowest BCUT2D eigenvalue weighted by atomic mass is 10.0. The van der Waals surface area contributed by atoms with Gasteiger partial charge in [-0.25, -0.2) is 0 Å². The molecule has 0 heterocycles. The highest BCUT2D eigenvalue weighted by atomic mass is 16.2. The Morgan fingerprint density at radius 2 is 1.72 bits per heavy atom. The maximum Gasteiger partial charge on any atom is 0.238 e. The molecule has 0 bridgehead atoms. The van der Waals surface area contributed by atoms with Gasteiger partial charge in [-0.3, -0.25) is 9.59 Å². The van der Waals surface area contributed by atoms with Crippen molar-refractivity contribution in [2.75, 3.05) is 19.6 Å². The molecule has 1 aliphatic rings. The summed E-state index contributed by atoms with van der Waals surface area (Å²) in [5.74, 6) is -0.0454. The van der Waals surface area contributed by atoms with E-state index in [1.54, 1.807) is 4.90 Å². The second kappa shape index (κ2) is 6.76. The van der Waals surface area contributed by atoms with Crippen molar-refractivity contribution in [1.29, 1.82) is 0 Å². The molecular formula is C14H26N2O2. The molecule has 0 saturated heterocycles. The summed E-state index contributed by atoms with van der Waals surface area (Å²) in [6.45, 7) is 8.10. The van der Waals surface area contributed by atoms with Crippen LogP contribution in [0.2, 0.25) is 0 Å². The van der Waals surface area contributed by atoms with Crippen LogP contribution in [-0.4, -0.2) is 36.3 Å². The van der Waals surface area contributed by atoms with Crippen molar-refractivity contribution in [2.45, 2.75) is 52.9 Å². The highest BCUT2D eigenvalue weighted by Gasteiger charge is 2.57. The van der Waals surface area contributed by atoms with E-state index in [1.807, 2.05) is 13.8 Å². The van der Waals surface area contributed by atoms with Crippen LogP contribution in [0.4, 0.5) is 0 Å². The second-order valence-electron chi connectivity index (χ2n) is 5.02. The number of carbonyl (C=O) groups excluding carboxylic acids is 2. The molecule has 1 rings (SSSR count). The largest absolute Gasteiger partial charge is 0.355 e. The van der Waals surface area contributed by atoms with Crippen LogP contribution in [0, 0.1) is 5.41 Å². The summed E-state index contributed by atoms with van der Waals surface area (Å²) < 4.78 is 0. The van der Waals surface area contributed by atoms with Crippen molar-refractivity contribution >= 4 is 11.8 Å². The maximum absolute atomic E-state index is 12.3. The van der Waals surface area contributed by atoms with Crippen LogP contribution in [0.5, 0.6) is 0 Å². The molecule has 4 heteroatoms. The summed E-state index contributed by atoms with van der Waals surface area (Å²) >= 11 is 0. The first-order valence-corrected chi connectivity index (χ1v) is 7.20. The van der Waals surface area contributed by atoms with Gasteiger partial charge in [0.1, 0.15) is 5.41 Å². The van der Waals surface area contributed by atoms with Gasteiger partial charge in [-0.1, -0.05) is 19.8 Å². The molecule has 1 saturated carbocycles. The monoisotopic (exact) mass is 254 g/mol. The predicted molar refractivity (Wildman–Crippen MR) is 72.1 cm³/mol. The molecule has 1 aliphatic carbocycles. The zero-order valence-electron chi connectivity index (χ0n) is 11.9. The van der Waals surface area contributed by atoms with Crippen molar-refractivity contribution in [3.63, 3.8) is 0 Å². The minimum atomic E-state index is -0.724. The Kier molecular flexibility index (Phi) is 5.63. The summed E-state index contributed by atoms with van der Waals surface area (Å²) in [5.41, 5.74) is -0.724. The molecule has 2 amide bonds. The smallest absolute Gasteiger partial charge is 0.238 e. The van der Waals surface area contributed by atoms with Crippen LogP contribution in [0.25, 0.3) is 0 Å². The van der Waals surface area contributed by atoms with Crippen LogP contribution in [0.3, 0.4) is 0 Å². The fourth-order valence-corrected chi connectivity index (χ4v) is 2.22. The predicted octanol–water partition coefficient (Wildman–Crippen LogP) is 1.94. The van der Waals surface area contributed by atoms with E-state index in [0.717, 1.165) is 19.3 Å². The Morgan fingerprint density at radius 3 is 2.17 bits per heavy atom. The SMILES string of the molecule is CCCCCNC(=O)C1(C(=O)N(CC)CC)CC1. The van der Waals surface area contributed by atoms with Gasteiger partial charge in [-0.05, 0) is 33.1 Å². The highest BCUT2D eigenvalue weighted by molar-refractivity contribution is 6.07. The molecule has 0 aromatic heterocycles. The van der Waals surface area contributed by atoms with E-state index >= 15 is 0 Å². The van der Waals surface area contributed by atoms with Crippen LogP contribution in [0.15, 0.2) is 0 Å². The van der Waals surface area contributed by atoms with Gasteiger partial charge >= 0.3 is 0 Å². The van der Waals surface area contributed by atoms with Crippen LogP contribution >= 0.6 is 0 Å². The van der Waals surface area contributed by atoms with Gasteiger partial charge in [0.2, 0.25) is 11.8 Å². The van der Waals surface area contributed by atoms with E-state index in [-0.39, 0.29) is 11.8 Å². The van der Waals surface area contributed by atoms with Gasteiger partial charge in [0.05, 0.1) is 0 Å². The van der Waals surface area contributed by atoms with Crippen LogP contribution < -0.4 is 5.32 Å². The third-order valence-corrected chi connectivity index (χ3v) is 3.71. The Morgan fingerprint density at radius 1 is 1.11 bits per heavy atom. The lowest BCUT2D eigenvalue weighted by Crippen LogP contribution is -2.45. The van der Waals surface area contributed by atoms with Gasteiger partial charge in [0.15, 0.2) is 0 Å². The molecule has 0 aliphatic heterocycles. The average Bonchev–Trinajstić information content (AvgIpc) is 3.17. The number of hydrogen-bond acceptors (Lipinski definition) is 2. The topological polar surface area (TPSA) is 49.4 Å². The van der Waals surface area contributed by atoms with Crippen molar-refractivity contribution in [3.8, 4) is 0 Å². The van der Waals surface area contributed by atoms with Gasteiger partial charge in [0.25, 0.3) is 0 Å². The first kappa shape index (κ1) is 15.0. The first-order valence-electron chi connectivity index (χ1n) is 7.20. The lowest BCUT2D eigenvalue weighted by Gasteiger charge is -2.24. The van der Waals surface area contributed by atoms with Gasteiger partial charge in [0, 0.05) is 19.6 Å². The fraction of sp³-hybridized carbons (Fsp3) is 0.857. The fourth-order valence-electron chi connectivity index (χ4n) is 2.22. The Bertz CT molecular complexity index is 294. The average molecular weight is 254 g/mol. The van der Waals surface area contributed by atoms with Gasteiger partial charge < -0.3 is 10.2 Å². The van der Waals surface area contributed by atoms with Crippen molar-refractivity contribution in [2.24, 2.45) is 5.41 Å². The molecule has 0 radical (unpaired) electrons. The normalized spacial score (nSPS) is 16.2. The molecule has 0 spiro atoms. The molecule has 18 heavy (non-hydrogen) atoms. The summed E-state index contributed by atoms with van der Waals surface area (Å²) in [6, 6.07) is 0. The number of unbranched alkanes of at least 4 members (excludes halogenated alkanes) is 2. The summed E-state index contributed by atoms with van der Waals surface area (Å²) in [6.07, 6.45) is 4.68. The minimum Gasteiger partial charge on any atom is -0.355 e.